The third kappa shape index (κ3) is 9.35. The van der Waals surface area contributed by atoms with Gasteiger partial charge in [-0.3, -0.25) is 0 Å². The van der Waals surface area contributed by atoms with Gasteiger partial charge in [-0.15, -0.1) is 0 Å². The van der Waals surface area contributed by atoms with Gasteiger partial charge in [-0.05, 0) is 27.3 Å². The number of hydrogen-bond acceptors (Lipinski definition) is 1. The lowest BCUT2D eigenvalue weighted by atomic mass is 10.1. The zero-order valence-corrected chi connectivity index (χ0v) is 5.71. The van der Waals surface area contributed by atoms with Gasteiger partial charge in [0.15, 0.2) is 0 Å². The summed E-state index contributed by atoms with van der Waals surface area (Å²) in [5.74, 6) is 0. The lowest BCUT2D eigenvalue weighted by molar-refractivity contribution is 0.439. The molecule has 0 aromatic carbocycles. The van der Waals surface area contributed by atoms with Gasteiger partial charge in [0.25, 0.3) is 0 Å². The van der Waals surface area contributed by atoms with E-state index in [1.165, 1.54) is 0 Å². The Morgan fingerprint density at radius 1 is 1.25 bits per heavy atom. The highest BCUT2D eigenvalue weighted by atomic mass is 14.9. The smallest absolute Gasteiger partial charge is 0.00963 e. The molecule has 0 bridgehead atoms. The lowest BCUT2D eigenvalue weighted by Gasteiger charge is -2.18. The Balaban J connectivity index is 0. The first kappa shape index (κ1) is 10.9. The van der Waals surface area contributed by atoms with Crippen molar-refractivity contribution in [2.45, 2.75) is 40.7 Å². The van der Waals surface area contributed by atoms with Crippen LogP contribution in [0.1, 0.15) is 35.1 Å². The fraction of sp³-hybridized carbons (Fsp3) is 1.00. The van der Waals surface area contributed by atoms with Crippen LogP contribution in [0, 0.1) is 0 Å². The Morgan fingerprint density at radius 3 is 1.62 bits per heavy atom. The monoisotopic (exact) mass is 117 g/mol. The van der Waals surface area contributed by atoms with Gasteiger partial charge in [-0.1, -0.05) is 14.4 Å². The molecule has 0 aliphatic heterocycles. The normalized spacial score (nSPS) is 10.5. The first-order valence-corrected chi connectivity index (χ1v) is 2.81. The van der Waals surface area contributed by atoms with Crippen LogP contribution in [0.2, 0.25) is 0 Å². The topological polar surface area (TPSA) is 12.0 Å². The summed E-state index contributed by atoms with van der Waals surface area (Å²) in [6, 6.07) is 0. The summed E-state index contributed by atoms with van der Waals surface area (Å²) in [5, 5.41) is 3.28. The van der Waals surface area contributed by atoms with Crippen LogP contribution in [0.3, 0.4) is 0 Å². The van der Waals surface area contributed by atoms with Gasteiger partial charge in [0.05, 0.1) is 0 Å². The first-order chi connectivity index (χ1) is 3.06. The van der Waals surface area contributed by atoms with E-state index >= 15 is 0 Å². The number of hydrogen-bond donors (Lipinski definition) is 1. The molecule has 0 spiro atoms. The average molecular weight is 117 g/mol. The van der Waals surface area contributed by atoms with Crippen molar-refractivity contribution in [2.75, 3.05) is 6.54 Å². The molecule has 0 saturated carbocycles. The predicted molar refractivity (Wildman–Crippen MR) is 40.2 cm³/mol. The third-order valence-electron chi connectivity index (χ3n) is 0.707. The minimum Gasteiger partial charge on any atom is -0.312 e. The van der Waals surface area contributed by atoms with Crippen molar-refractivity contribution < 1.29 is 0 Å². The van der Waals surface area contributed by atoms with E-state index in [0.717, 1.165) is 6.54 Å². The van der Waals surface area contributed by atoms with Gasteiger partial charge in [0.2, 0.25) is 0 Å². The van der Waals surface area contributed by atoms with Crippen LogP contribution in [0.15, 0.2) is 0 Å². The van der Waals surface area contributed by atoms with Gasteiger partial charge in [0, 0.05) is 5.54 Å². The largest absolute Gasteiger partial charge is 0.312 e. The SMILES string of the molecule is C.CCNC(C)(C)C. The maximum absolute atomic E-state index is 3.28. The highest BCUT2D eigenvalue weighted by Gasteiger charge is 2.04. The molecule has 0 aromatic rings. The van der Waals surface area contributed by atoms with Crippen LogP contribution < -0.4 is 5.32 Å². The Morgan fingerprint density at radius 2 is 1.62 bits per heavy atom. The van der Waals surface area contributed by atoms with Crippen LogP contribution >= 0.6 is 0 Å². The number of nitrogens with one attached hydrogen (secondary N) is 1. The fourth-order valence-electron chi connectivity index (χ4n) is 0.530. The van der Waals surface area contributed by atoms with Crippen molar-refractivity contribution in [2.24, 2.45) is 0 Å². The molecule has 0 aromatic heterocycles. The van der Waals surface area contributed by atoms with Gasteiger partial charge in [-0.25, -0.2) is 0 Å². The Kier molecular flexibility index (Phi) is 5.29. The molecule has 1 heteroatoms. The van der Waals surface area contributed by atoms with E-state index in [-0.39, 0.29) is 7.43 Å². The lowest BCUT2D eigenvalue weighted by Crippen LogP contribution is -2.35. The maximum Gasteiger partial charge on any atom is 0.00963 e. The predicted octanol–water partition coefficient (Wildman–Crippen LogP) is 2.03. The van der Waals surface area contributed by atoms with Crippen LogP contribution in [0.5, 0.6) is 0 Å². The van der Waals surface area contributed by atoms with Crippen LogP contribution in [0.25, 0.3) is 0 Å². The van der Waals surface area contributed by atoms with Crippen LogP contribution in [0.4, 0.5) is 0 Å². The van der Waals surface area contributed by atoms with Crippen LogP contribution in [-0.2, 0) is 0 Å². The molecule has 1 N–H and O–H groups in total. The van der Waals surface area contributed by atoms with Crippen molar-refractivity contribution in [3.63, 3.8) is 0 Å². The molecular weight excluding hydrogens is 98.1 g/mol. The standard InChI is InChI=1S/C6H15N.CH4/c1-5-7-6(2,3)4;/h7H,5H2,1-4H3;1H4. The van der Waals surface area contributed by atoms with Crippen molar-refractivity contribution in [3.05, 3.63) is 0 Å². The van der Waals surface area contributed by atoms with Crippen molar-refractivity contribution in [1.82, 2.24) is 5.32 Å². The molecule has 0 aliphatic rings. The summed E-state index contributed by atoms with van der Waals surface area (Å²) in [6.07, 6.45) is 0. The van der Waals surface area contributed by atoms with E-state index in [0.29, 0.717) is 5.54 Å². The second-order valence-corrected chi connectivity index (χ2v) is 2.78. The maximum atomic E-state index is 3.28. The van der Waals surface area contributed by atoms with Crippen molar-refractivity contribution >= 4 is 0 Å². The molecule has 0 atom stereocenters. The molecule has 0 fully saturated rings. The second-order valence-electron chi connectivity index (χ2n) is 2.78. The zero-order valence-electron chi connectivity index (χ0n) is 5.71. The summed E-state index contributed by atoms with van der Waals surface area (Å²) in [6.45, 7) is 9.66. The summed E-state index contributed by atoms with van der Waals surface area (Å²) in [5.41, 5.74) is 0.300. The summed E-state index contributed by atoms with van der Waals surface area (Å²) in [7, 11) is 0. The molecule has 52 valence electrons. The molecule has 0 unspecified atom stereocenters. The van der Waals surface area contributed by atoms with Gasteiger partial charge >= 0.3 is 0 Å². The Bertz CT molecular complexity index is 42.8. The second kappa shape index (κ2) is 3.90. The molecule has 8 heavy (non-hydrogen) atoms. The fourth-order valence-corrected chi connectivity index (χ4v) is 0.530. The molecule has 0 heterocycles. The van der Waals surface area contributed by atoms with Gasteiger partial charge < -0.3 is 5.32 Å². The quantitative estimate of drug-likeness (QED) is 0.554. The molecule has 0 aliphatic carbocycles. The number of rotatable bonds is 1. The van der Waals surface area contributed by atoms with Gasteiger partial charge in [0.1, 0.15) is 0 Å². The Hall–Kier alpha value is -0.0400. The van der Waals surface area contributed by atoms with Crippen molar-refractivity contribution in [1.29, 1.82) is 0 Å². The molecule has 0 saturated heterocycles. The molecule has 0 radical (unpaired) electrons. The third-order valence-corrected chi connectivity index (χ3v) is 0.707. The van der Waals surface area contributed by atoms with E-state index in [4.69, 9.17) is 0 Å². The minimum atomic E-state index is 0. The van der Waals surface area contributed by atoms with Gasteiger partial charge in [-0.2, -0.15) is 0 Å². The zero-order chi connectivity index (χ0) is 5.91. The minimum absolute atomic E-state index is 0. The van der Waals surface area contributed by atoms with E-state index < -0.39 is 0 Å². The first-order valence-electron chi connectivity index (χ1n) is 2.81. The van der Waals surface area contributed by atoms with E-state index in [2.05, 4.69) is 33.0 Å². The highest BCUT2D eigenvalue weighted by Crippen LogP contribution is 1.95. The van der Waals surface area contributed by atoms with E-state index in [9.17, 15) is 0 Å². The van der Waals surface area contributed by atoms with E-state index in [1.54, 1.807) is 0 Å². The van der Waals surface area contributed by atoms with Crippen LogP contribution in [-0.4, -0.2) is 12.1 Å². The molecule has 0 rings (SSSR count). The summed E-state index contributed by atoms with van der Waals surface area (Å²) >= 11 is 0. The molecule has 0 amide bonds. The Labute approximate surface area is 53.5 Å². The molecule has 1 nitrogen and oxygen atoms in total. The summed E-state index contributed by atoms with van der Waals surface area (Å²) in [4.78, 5) is 0. The summed E-state index contributed by atoms with van der Waals surface area (Å²) < 4.78 is 0. The average Bonchev–Trinajstić information content (AvgIpc) is 1.30. The van der Waals surface area contributed by atoms with Crippen molar-refractivity contribution in [3.8, 4) is 0 Å². The van der Waals surface area contributed by atoms with E-state index in [1.807, 2.05) is 0 Å². The highest BCUT2D eigenvalue weighted by molar-refractivity contribution is 4.67. The molecular formula is C7H19N.